The van der Waals surface area contributed by atoms with Crippen LogP contribution in [0.1, 0.15) is 26.7 Å². The Bertz CT molecular complexity index is 76.6. The molecule has 54 valence electrons. The van der Waals surface area contributed by atoms with Gasteiger partial charge >= 0.3 is 0 Å². The van der Waals surface area contributed by atoms with Crippen LogP contribution in [-0.2, 0) is 0 Å². The topological polar surface area (TPSA) is 20.2 Å². The third-order valence-corrected chi connectivity index (χ3v) is 1.34. The van der Waals surface area contributed by atoms with Crippen molar-refractivity contribution >= 4 is 0 Å². The van der Waals surface area contributed by atoms with E-state index in [-0.39, 0.29) is 0 Å². The summed E-state index contributed by atoms with van der Waals surface area (Å²) in [6.45, 7) is 4.51. The molecule has 1 N–H and O–H groups in total. The molecule has 0 aliphatic carbocycles. The lowest BCUT2D eigenvalue weighted by molar-refractivity contribution is 0.279. The Balaban J connectivity index is 3.15. The third kappa shape index (κ3) is 5.57. The van der Waals surface area contributed by atoms with Crippen LogP contribution in [0.2, 0.25) is 0 Å². The van der Waals surface area contributed by atoms with E-state index in [9.17, 15) is 0 Å². The van der Waals surface area contributed by atoms with Gasteiger partial charge in [-0.2, -0.15) is 0 Å². The predicted molar refractivity (Wildman–Crippen MR) is 40.3 cm³/mol. The summed E-state index contributed by atoms with van der Waals surface area (Å²) in [4.78, 5) is 0. The Kier molecular flexibility index (Phi) is 5.64. The molecule has 1 atom stereocenters. The van der Waals surface area contributed by atoms with Gasteiger partial charge in [-0.3, -0.25) is 0 Å². The maximum absolute atomic E-state index is 8.46. The molecular formula is C8H16O. The fourth-order valence-electron chi connectivity index (χ4n) is 0.838. The lowest BCUT2D eigenvalue weighted by Gasteiger charge is -2.01. The number of rotatable bonds is 4. The van der Waals surface area contributed by atoms with Crippen LogP contribution in [-0.4, -0.2) is 11.7 Å². The molecule has 0 fully saturated rings. The summed E-state index contributed by atoms with van der Waals surface area (Å²) < 4.78 is 0. The molecule has 0 rings (SSSR count). The fraction of sp³-hybridized carbons (Fsp3) is 0.750. The van der Waals surface area contributed by atoms with Gasteiger partial charge in [0.1, 0.15) is 0 Å². The maximum Gasteiger partial charge on any atom is 0.0431 e. The van der Waals surface area contributed by atoms with Crippen LogP contribution >= 0.6 is 0 Å². The molecule has 0 aromatic rings. The van der Waals surface area contributed by atoms with Gasteiger partial charge in [-0.05, 0) is 25.7 Å². The molecule has 0 spiro atoms. The standard InChI is InChI=1S/C8H16O/c1-3-5-8(2)6-4-7-9/h3,5,8-9H,4,6-7H2,1-2H3. The Morgan fingerprint density at radius 2 is 2.22 bits per heavy atom. The summed E-state index contributed by atoms with van der Waals surface area (Å²) in [7, 11) is 0. The molecule has 0 heterocycles. The average molecular weight is 128 g/mol. The lowest BCUT2D eigenvalue weighted by Crippen LogP contribution is -1.91. The largest absolute Gasteiger partial charge is 0.396 e. The molecule has 0 aromatic heterocycles. The van der Waals surface area contributed by atoms with Gasteiger partial charge in [0.25, 0.3) is 0 Å². The Hall–Kier alpha value is -0.300. The van der Waals surface area contributed by atoms with Crippen molar-refractivity contribution in [2.45, 2.75) is 26.7 Å². The van der Waals surface area contributed by atoms with Gasteiger partial charge in [0.2, 0.25) is 0 Å². The summed E-state index contributed by atoms with van der Waals surface area (Å²) >= 11 is 0. The lowest BCUT2D eigenvalue weighted by atomic mass is 10.1. The van der Waals surface area contributed by atoms with Crippen LogP contribution in [0.25, 0.3) is 0 Å². The van der Waals surface area contributed by atoms with Crippen LogP contribution in [0.4, 0.5) is 0 Å². The summed E-state index contributed by atoms with van der Waals surface area (Å²) in [5, 5.41) is 8.46. The summed E-state index contributed by atoms with van der Waals surface area (Å²) in [5.41, 5.74) is 0. The van der Waals surface area contributed by atoms with Crippen molar-refractivity contribution < 1.29 is 5.11 Å². The van der Waals surface area contributed by atoms with Gasteiger partial charge in [0, 0.05) is 6.61 Å². The Morgan fingerprint density at radius 3 is 2.67 bits per heavy atom. The molecule has 1 unspecified atom stereocenters. The maximum atomic E-state index is 8.46. The van der Waals surface area contributed by atoms with Crippen molar-refractivity contribution in [1.82, 2.24) is 0 Å². The van der Waals surface area contributed by atoms with E-state index < -0.39 is 0 Å². The number of aliphatic hydroxyl groups excluding tert-OH is 1. The van der Waals surface area contributed by atoms with Gasteiger partial charge in [-0.1, -0.05) is 19.1 Å². The van der Waals surface area contributed by atoms with Crippen molar-refractivity contribution in [3.05, 3.63) is 12.2 Å². The smallest absolute Gasteiger partial charge is 0.0431 e. The minimum Gasteiger partial charge on any atom is -0.396 e. The highest BCUT2D eigenvalue weighted by molar-refractivity contribution is 4.82. The van der Waals surface area contributed by atoms with Crippen LogP contribution in [0.15, 0.2) is 12.2 Å². The molecule has 0 saturated heterocycles. The first-order chi connectivity index (χ1) is 4.31. The van der Waals surface area contributed by atoms with Crippen molar-refractivity contribution in [2.24, 2.45) is 5.92 Å². The summed E-state index contributed by atoms with van der Waals surface area (Å²) in [6, 6.07) is 0. The second-order valence-corrected chi connectivity index (χ2v) is 2.37. The molecule has 9 heavy (non-hydrogen) atoms. The van der Waals surface area contributed by atoms with Crippen LogP contribution in [0.5, 0.6) is 0 Å². The Labute approximate surface area is 57.4 Å². The third-order valence-electron chi connectivity index (χ3n) is 1.34. The predicted octanol–water partition coefficient (Wildman–Crippen LogP) is 1.97. The van der Waals surface area contributed by atoms with E-state index in [4.69, 9.17) is 5.11 Å². The van der Waals surface area contributed by atoms with Gasteiger partial charge < -0.3 is 5.11 Å². The van der Waals surface area contributed by atoms with Crippen molar-refractivity contribution in [2.75, 3.05) is 6.61 Å². The van der Waals surface area contributed by atoms with Gasteiger partial charge in [0.15, 0.2) is 0 Å². The quantitative estimate of drug-likeness (QED) is 0.574. The van der Waals surface area contributed by atoms with E-state index in [1.54, 1.807) is 0 Å². The van der Waals surface area contributed by atoms with E-state index in [0.717, 1.165) is 12.8 Å². The molecular weight excluding hydrogens is 112 g/mol. The second kappa shape index (κ2) is 5.83. The van der Waals surface area contributed by atoms with E-state index in [0.29, 0.717) is 12.5 Å². The van der Waals surface area contributed by atoms with E-state index in [1.807, 2.05) is 6.92 Å². The molecule has 1 nitrogen and oxygen atoms in total. The van der Waals surface area contributed by atoms with E-state index >= 15 is 0 Å². The minimum atomic E-state index is 0.321. The molecule has 0 radical (unpaired) electrons. The number of hydrogen-bond donors (Lipinski definition) is 1. The van der Waals surface area contributed by atoms with Crippen molar-refractivity contribution in [3.8, 4) is 0 Å². The van der Waals surface area contributed by atoms with Crippen LogP contribution in [0, 0.1) is 5.92 Å². The first kappa shape index (κ1) is 8.70. The molecule has 0 aromatic carbocycles. The average Bonchev–Trinajstić information content (AvgIpc) is 1.85. The zero-order valence-corrected chi connectivity index (χ0v) is 6.30. The molecule has 0 saturated carbocycles. The summed E-state index contributed by atoms with van der Waals surface area (Å²) in [6.07, 6.45) is 6.24. The monoisotopic (exact) mass is 128 g/mol. The first-order valence-electron chi connectivity index (χ1n) is 3.55. The molecule has 0 amide bonds. The normalized spacial score (nSPS) is 14.6. The van der Waals surface area contributed by atoms with Crippen molar-refractivity contribution in [3.63, 3.8) is 0 Å². The molecule has 0 aliphatic rings. The zero-order chi connectivity index (χ0) is 7.11. The minimum absolute atomic E-state index is 0.321. The number of hydrogen-bond acceptors (Lipinski definition) is 1. The molecule has 0 bridgehead atoms. The molecule has 1 heteroatoms. The van der Waals surface area contributed by atoms with Crippen molar-refractivity contribution in [1.29, 1.82) is 0 Å². The zero-order valence-electron chi connectivity index (χ0n) is 6.30. The van der Waals surface area contributed by atoms with Crippen LogP contribution in [0.3, 0.4) is 0 Å². The van der Waals surface area contributed by atoms with E-state index in [1.165, 1.54) is 0 Å². The molecule has 0 aliphatic heterocycles. The van der Waals surface area contributed by atoms with E-state index in [2.05, 4.69) is 19.1 Å². The number of aliphatic hydroxyl groups is 1. The van der Waals surface area contributed by atoms with Gasteiger partial charge in [-0.15, -0.1) is 0 Å². The second-order valence-electron chi connectivity index (χ2n) is 2.37. The highest BCUT2D eigenvalue weighted by Gasteiger charge is 1.93. The fourth-order valence-corrected chi connectivity index (χ4v) is 0.838. The highest BCUT2D eigenvalue weighted by Crippen LogP contribution is 2.05. The summed E-state index contributed by atoms with van der Waals surface area (Å²) in [5.74, 6) is 0.627. The Morgan fingerprint density at radius 1 is 1.56 bits per heavy atom. The SMILES string of the molecule is CC=CC(C)CCCO. The highest BCUT2D eigenvalue weighted by atomic mass is 16.2. The number of allylic oxidation sites excluding steroid dienone is 2. The van der Waals surface area contributed by atoms with Crippen LogP contribution < -0.4 is 0 Å². The first-order valence-corrected chi connectivity index (χ1v) is 3.55. The van der Waals surface area contributed by atoms with Gasteiger partial charge in [0.05, 0.1) is 0 Å². The van der Waals surface area contributed by atoms with Gasteiger partial charge in [-0.25, -0.2) is 0 Å².